The second-order valence-electron chi connectivity index (χ2n) is 5.01. The lowest BCUT2D eigenvalue weighted by molar-refractivity contribution is 0.746. The maximum atomic E-state index is 4.43. The Morgan fingerprint density at radius 2 is 2.00 bits per heavy atom. The lowest BCUT2D eigenvalue weighted by Gasteiger charge is -2.07. The zero-order valence-electron chi connectivity index (χ0n) is 12.3. The molecule has 2 heterocycles. The van der Waals surface area contributed by atoms with Gasteiger partial charge in [-0.2, -0.15) is 5.10 Å². The second-order valence-corrected chi connectivity index (χ2v) is 5.01. The van der Waals surface area contributed by atoms with Gasteiger partial charge in [-0.25, -0.2) is 4.98 Å². The van der Waals surface area contributed by atoms with Crippen LogP contribution in [0.4, 0.5) is 5.69 Å². The van der Waals surface area contributed by atoms with Crippen LogP contribution in [0, 0.1) is 0 Å². The Kier molecular flexibility index (Phi) is 3.73. The summed E-state index contributed by atoms with van der Waals surface area (Å²) in [6.07, 6.45) is 8.48. The summed E-state index contributed by atoms with van der Waals surface area (Å²) < 4.78 is 3.84. The lowest BCUT2D eigenvalue weighted by Crippen LogP contribution is -2.01. The van der Waals surface area contributed by atoms with Crippen molar-refractivity contribution >= 4 is 5.69 Å². The van der Waals surface area contributed by atoms with E-state index < -0.39 is 0 Å². The smallest absolute Gasteiger partial charge is 0.0991 e. The molecule has 0 unspecified atom stereocenters. The molecule has 2 aromatic heterocycles. The van der Waals surface area contributed by atoms with Crippen molar-refractivity contribution in [2.75, 3.05) is 5.32 Å². The van der Waals surface area contributed by atoms with Crippen LogP contribution < -0.4 is 5.32 Å². The maximum Gasteiger partial charge on any atom is 0.0991 e. The van der Waals surface area contributed by atoms with Crippen LogP contribution in [0.5, 0.6) is 0 Å². The molecule has 3 rings (SSSR count). The molecule has 0 radical (unpaired) electrons. The molecular formula is C16H19N5. The molecule has 3 aromatic rings. The average Bonchev–Trinajstić information content (AvgIpc) is 3.15. The molecule has 0 aliphatic heterocycles. The van der Waals surface area contributed by atoms with E-state index in [0.717, 1.165) is 30.0 Å². The highest BCUT2D eigenvalue weighted by Gasteiger charge is 2.05. The van der Waals surface area contributed by atoms with Crippen LogP contribution in [0.15, 0.2) is 49.2 Å². The van der Waals surface area contributed by atoms with Crippen LogP contribution in [0.1, 0.15) is 18.2 Å². The van der Waals surface area contributed by atoms with Gasteiger partial charge in [-0.3, -0.25) is 4.68 Å². The first-order valence-corrected chi connectivity index (χ1v) is 7.10. The molecule has 0 atom stereocenters. The van der Waals surface area contributed by atoms with Crippen molar-refractivity contribution in [2.45, 2.75) is 19.9 Å². The first-order valence-electron chi connectivity index (χ1n) is 7.10. The molecule has 0 aliphatic rings. The molecular weight excluding hydrogens is 262 g/mol. The normalized spacial score (nSPS) is 10.8. The minimum absolute atomic E-state index is 0.795. The van der Waals surface area contributed by atoms with Crippen LogP contribution >= 0.6 is 0 Å². The summed E-state index contributed by atoms with van der Waals surface area (Å²) >= 11 is 0. The topological polar surface area (TPSA) is 47.7 Å². The molecule has 5 nitrogen and oxygen atoms in total. The Labute approximate surface area is 124 Å². The van der Waals surface area contributed by atoms with E-state index in [1.807, 2.05) is 28.7 Å². The molecule has 1 aromatic carbocycles. The molecule has 5 heteroatoms. The molecule has 0 amide bonds. The zero-order valence-corrected chi connectivity index (χ0v) is 12.3. The summed E-state index contributed by atoms with van der Waals surface area (Å²) in [6.45, 7) is 2.91. The van der Waals surface area contributed by atoms with Crippen molar-refractivity contribution < 1.29 is 0 Å². The SMILES string of the molecule is CCc1nn(C)cc1NCc1ccc(-n2ccnc2)cc1. The van der Waals surface area contributed by atoms with Gasteiger partial charge < -0.3 is 9.88 Å². The van der Waals surface area contributed by atoms with Crippen molar-refractivity contribution in [3.05, 3.63) is 60.4 Å². The van der Waals surface area contributed by atoms with E-state index in [2.05, 4.69) is 46.6 Å². The molecule has 0 saturated carbocycles. The van der Waals surface area contributed by atoms with Gasteiger partial charge in [-0.15, -0.1) is 0 Å². The van der Waals surface area contributed by atoms with Crippen molar-refractivity contribution in [3.63, 3.8) is 0 Å². The van der Waals surface area contributed by atoms with E-state index in [1.54, 1.807) is 12.5 Å². The van der Waals surface area contributed by atoms with E-state index >= 15 is 0 Å². The van der Waals surface area contributed by atoms with E-state index in [-0.39, 0.29) is 0 Å². The van der Waals surface area contributed by atoms with E-state index in [0.29, 0.717) is 0 Å². The minimum atomic E-state index is 0.795. The number of anilines is 1. The van der Waals surface area contributed by atoms with Gasteiger partial charge in [-0.1, -0.05) is 19.1 Å². The highest BCUT2D eigenvalue weighted by Crippen LogP contribution is 2.16. The van der Waals surface area contributed by atoms with Gasteiger partial charge >= 0.3 is 0 Å². The predicted octanol–water partition coefficient (Wildman–Crippen LogP) is 2.78. The Hall–Kier alpha value is -2.56. The first kappa shape index (κ1) is 13.4. The van der Waals surface area contributed by atoms with Gasteiger partial charge in [0.25, 0.3) is 0 Å². The number of nitrogens with one attached hydrogen (secondary N) is 1. The third-order valence-corrected chi connectivity index (χ3v) is 3.46. The summed E-state index contributed by atoms with van der Waals surface area (Å²) in [6, 6.07) is 8.46. The lowest BCUT2D eigenvalue weighted by atomic mass is 10.2. The fourth-order valence-corrected chi connectivity index (χ4v) is 2.34. The molecule has 0 fully saturated rings. The Balaban J connectivity index is 1.68. The highest BCUT2D eigenvalue weighted by molar-refractivity contribution is 5.47. The second kappa shape index (κ2) is 5.83. The van der Waals surface area contributed by atoms with Gasteiger partial charge in [-0.05, 0) is 24.1 Å². The first-order chi connectivity index (χ1) is 10.3. The van der Waals surface area contributed by atoms with Crippen LogP contribution in [0.2, 0.25) is 0 Å². The summed E-state index contributed by atoms with van der Waals surface area (Å²) in [5.41, 5.74) is 4.57. The van der Waals surface area contributed by atoms with Gasteiger partial charge in [0.1, 0.15) is 0 Å². The van der Waals surface area contributed by atoms with Crippen molar-refractivity contribution in [2.24, 2.45) is 7.05 Å². The number of aromatic nitrogens is 4. The number of nitrogens with zero attached hydrogens (tertiary/aromatic N) is 4. The molecule has 0 bridgehead atoms. The quantitative estimate of drug-likeness (QED) is 0.782. The number of rotatable bonds is 5. The van der Waals surface area contributed by atoms with Gasteiger partial charge in [0, 0.05) is 37.9 Å². The Morgan fingerprint density at radius 1 is 1.19 bits per heavy atom. The van der Waals surface area contributed by atoms with Crippen molar-refractivity contribution in [1.29, 1.82) is 0 Å². The number of aryl methyl sites for hydroxylation is 2. The number of benzene rings is 1. The monoisotopic (exact) mass is 281 g/mol. The van der Waals surface area contributed by atoms with E-state index in [9.17, 15) is 0 Å². The highest BCUT2D eigenvalue weighted by atomic mass is 15.3. The molecule has 21 heavy (non-hydrogen) atoms. The third-order valence-electron chi connectivity index (χ3n) is 3.46. The number of hydrogen-bond donors (Lipinski definition) is 1. The summed E-state index contributed by atoms with van der Waals surface area (Å²) in [5.74, 6) is 0. The predicted molar refractivity (Wildman–Crippen MR) is 83.5 cm³/mol. The van der Waals surface area contributed by atoms with Crippen LogP contribution in [0.3, 0.4) is 0 Å². The summed E-state index contributed by atoms with van der Waals surface area (Å²) in [4.78, 5) is 4.06. The molecule has 0 saturated heterocycles. The van der Waals surface area contributed by atoms with E-state index in [4.69, 9.17) is 0 Å². The molecule has 1 N–H and O–H groups in total. The number of hydrogen-bond acceptors (Lipinski definition) is 3. The molecule has 0 spiro atoms. The van der Waals surface area contributed by atoms with E-state index in [1.165, 1.54) is 5.56 Å². The van der Waals surface area contributed by atoms with Crippen molar-refractivity contribution in [3.8, 4) is 5.69 Å². The summed E-state index contributed by atoms with van der Waals surface area (Å²) in [7, 11) is 1.95. The standard InChI is InChI=1S/C16H19N5/c1-3-15-16(11-20(2)19-15)18-10-13-4-6-14(7-5-13)21-9-8-17-12-21/h4-9,11-12,18H,3,10H2,1-2H3. The average molecular weight is 281 g/mol. The number of imidazole rings is 1. The fraction of sp³-hybridized carbons (Fsp3) is 0.250. The zero-order chi connectivity index (χ0) is 14.7. The van der Waals surface area contributed by atoms with Crippen LogP contribution in [-0.4, -0.2) is 19.3 Å². The van der Waals surface area contributed by atoms with Crippen LogP contribution in [0.25, 0.3) is 5.69 Å². The third kappa shape index (κ3) is 2.97. The Morgan fingerprint density at radius 3 is 2.67 bits per heavy atom. The fourth-order valence-electron chi connectivity index (χ4n) is 2.34. The van der Waals surface area contributed by atoms with Crippen molar-refractivity contribution in [1.82, 2.24) is 19.3 Å². The van der Waals surface area contributed by atoms with Gasteiger partial charge in [0.05, 0.1) is 17.7 Å². The molecule has 108 valence electrons. The summed E-state index contributed by atoms with van der Waals surface area (Å²) in [5, 5.41) is 7.89. The minimum Gasteiger partial charge on any atom is -0.378 e. The molecule has 0 aliphatic carbocycles. The van der Waals surface area contributed by atoms with Crippen LogP contribution in [-0.2, 0) is 20.0 Å². The van der Waals surface area contributed by atoms with Gasteiger partial charge in [0.15, 0.2) is 0 Å². The van der Waals surface area contributed by atoms with Gasteiger partial charge in [0.2, 0.25) is 0 Å². The maximum absolute atomic E-state index is 4.43. The Bertz CT molecular complexity index is 695. The largest absolute Gasteiger partial charge is 0.378 e.